The van der Waals surface area contributed by atoms with Gasteiger partial charge in [-0.15, -0.1) is 0 Å². The van der Waals surface area contributed by atoms with Crippen LogP contribution in [0.3, 0.4) is 0 Å². The van der Waals surface area contributed by atoms with E-state index >= 15 is 0 Å². The molecule has 1 N–H and O–H groups in total. The quantitative estimate of drug-likeness (QED) is 0.927. The molecular formula is C18H28N2O2. The topological polar surface area (TPSA) is 41.6 Å². The summed E-state index contributed by atoms with van der Waals surface area (Å²) in [5.74, 6) is 0.774. The van der Waals surface area contributed by atoms with E-state index in [1.54, 1.807) is 11.9 Å². The summed E-state index contributed by atoms with van der Waals surface area (Å²) in [5, 5.41) is 3.40. The van der Waals surface area contributed by atoms with Crippen molar-refractivity contribution >= 4 is 11.8 Å². The lowest BCUT2D eigenvalue weighted by Crippen LogP contribution is -2.34. The van der Waals surface area contributed by atoms with Gasteiger partial charge in [-0.3, -0.25) is 4.90 Å². The highest BCUT2D eigenvalue weighted by Gasteiger charge is 2.20. The summed E-state index contributed by atoms with van der Waals surface area (Å²) in [4.78, 5) is 13.6. The van der Waals surface area contributed by atoms with E-state index < -0.39 is 5.60 Å². The SMILES string of the molecule is CN(C(=O)OC(C)(C)C)c1ccc(CC2CCNCC2)cc1. The molecule has 0 spiro atoms. The van der Waals surface area contributed by atoms with Crippen molar-refractivity contribution in [2.45, 2.75) is 45.6 Å². The summed E-state index contributed by atoms with van der Waals surface area (Å²) in [6, 6.07) is 8.25. The molecule has 0 radical (unpaired) electrons. The van der Waals surface area contributed by atoms with Crippen LogP contribution in [-0.2, 0) is 11.2 Å². The molecule has 1 fully saturated rings. The van der Waals surface area contributed by atoms with Gasteiger partial charge in [0.15, 0.2) is 0 Å². The first-order valence-electron chi connectivity index (χ1n) is 8.11. The number of carbonyl (C=O) groups excluding carboxylic acids is 1. The van der Waals surface area contributed by atoms with Gasteiger partial charge in [0.1, 0.15) is 5.60 Å². The monoisotopic (exact) mass is 304 g/mol. The average Bonchev–Trinajstić information content (AvgIpc) is 2.46. The van der Waals surface area contributed by atoms with Gasteiger partial charge < -0.3 is 10.1 Å². The van der Waals surface area contributed by atoms with Gasteiger partial charge in [-0.1, -0.05) is 12.1 Å². The number of benzene rings is 1. The van der Waals surface area contributed by atoms with Gasteiger partial charge in [-0.05, 0) is 76.7 Å². The second-order valence-electron chi connectivity index (χ2n) is 7.10. The first-order valence-corrected chi connectivity index (χ1v) is 8.11. The molecule has 0 bridgehead atoms. The standard InChI is InChI=1S/C18H28N2O2/c1-18(2,3)22-17(21)20(4)16-7-5-14(6-8-16)13-15-9-11-19-12-10-15/h5-8,15,19H,9-13H2,1-4H3. The van der Waals surface area contributed by atoms with Crippen molar-refractivity contribution in [3.8, 4) is 0 Å². The Hall–Kier alpha value is -1.55. The van der Waals surface area contributed by atoms with E-state index in [2.05, 4.69) is 17.4 Å². The first-order chi connectivity index (χ1) is 10.3. The van der Waals surface area contributed by atoms with Crippen LogP contribution < -0.4 is 10.2 Å². The van der Waals surface area contributed by atoms with Gasteiger partial charge in [0.25, 0.3) is 0 Å². The lowest BCUT2D eigenvalue weighted by molar-refractivity contribution is 0.0589. The number of nitrogens with one attached hydrogen (secondary N) is 1. The molecule has 1 aliphatic rings. The fourth-order valence-corrected chi connectivity index (χ4v) is 2.71. The first kappa shape index (κ1) is 16.8. The minimum absolute atomic E-state index is 0.321. The number of piperidine rings is 1. The highest BCUT2D eigenvalue weighted by atomic mass is 16.6. The van der Waals surface area contributed by atoms with Gasteiger partial charge in [0, 0.05) is 12.7 Å². The third-order valence-corrected chi connectivity index (χ3v) is 3.97. The van der Waals surface area contributed by atoms with Crippen molar-refractivity contribution in [3.63, 3.8) is 0 Å². The molecule has 0 atom stereocenters. The molecule has 0 aliphatic carbocycles. The average molecular weight is 304 g/mol. The van der Waals surface area contributed by atoms with Crippen molar-refractivity contribution in [2.75, 3.05) is 25.0 Å². The van der Waals surface area contributed by atoms with Crippen LogP contribution in [0.2, 0.25) is 0 Å². The van der Waals surface area contributed by atoms with E-state index in [-0.39, 0.29) is 6.09 Å². The second kappa shape index (κ2) is 7.14. The molecule has 0 aromatic heterocycles. The number of nitrogens with zero attached hydrogens (tertiary/aromatic N) is 1. The Kier molecular flexibility index (Phi) is 5.46. The molecule has 1 aliphatic heterocycles. The zero-order valence-corrected chi connectivity index (χ0v) is 14.2. The van der Waals surface area contributed by atoms with Gasteiger partial charge in [0.05, 0.1) is 0 Å². The molecule has 4 heteroatoms. The van der Waals surface area contributed by atoms with Crippen LogP contribution in [0.4, 0.5) is 10.5 Å². The molecule has 1 aromatic rings. The van der Waals surface area contributed by atoms with Crippen LogP contribution in [-0.4, -0.2) is 31.8 Å². The largest absolute Gasteiger partial charge is 0.443 e. The maximum absolute atomic E-state index is 12.1. The second-order valence-corrected chi connectivity index (χ2v) is 7.10. The number of carbonyl (C=O) groups is 1. The van der Waals surface area contributed by atoms with Crippen molar-refractivity contribution in [2.24, 2.45) is 5.92 Å². The molecule has 1 aromatic carbocycles. The van der Waals surface area contributed by atoms with Gasteiger partial charge in [-0.25, -0.2) is 4.79 Å². The molecule has 0 unspecified atom stereocenters. The Morgan fingerprint density at radius 1 is 1.23 bits per heavy atom. The Labute approximate surface area is 133 Å². The molecule has 0 saturated carbocycles. The maximum Gasteiger partial charge on any atom is 0.414 e. The van der Waals surface area contributed by atoms with E-state index in [9.17, 15) is 4.79 Å². The van der Waals surface area contributed by atoms with Gasteiger partial charge >= 0.3 is 6.09 Å². The van der Waals surface area contributed by atoms with Crippen LogP contribution in [0.25, 0.3) is 0 Å². The minimum Gasteiger partial charge on any atom is -0.443 e. The Balaban J connectivity index is 1.94. The van der Waals surface area contributed by atoms with Crippen LogP contribution in [0, 0.1) is 5.92 Å². The number of anilines is 1. The third-order valence-electron chi connectivity index (χ3n) is 3.97. The molecule has 22 heavy (non-hydrogen) atoms. The molecule has 1 heterocycles. The van der Waals surface area contributed by atoms with Crippen LogP contribution in [0.1, 0.15) is 39.2 Å². The van der Waals surface area contributed by atoms with Crippen molar-refractivity contribution in [1.29, 1.82) is 0 Å². The lowest BCUT2D eigenvalue weighted by Gasteiger charge is -2.25. The summed E-state index contributed by atoms with van der Waals surface area (Å²) >= 11 is 0. The Bertz CT molecular complexity index is 485. The predicted molar refractivity (Wildman–Crippen MR) is 90.4 cm³/mol. The smallest absolute Gasteiger partial charge is 0.414 e. The number of ether oxygens (including phenoxy) is 1. The van der Waals surface area contributed by atoms with Crippen LogP contribution in [0.5, 0.6) is 0 Å². The van der Waals surface area contributed by atoms with Crippen LogP contribution >= 0.6 is 0 Å². The minimum atomic E-state index is -0.472. The van der Waals surface area contributed by atoms with E-state index in [0.29, 0.717) is 0 Å². The Morgan fingerprint density at radius 3 is 2.36 bits per heavy atom. The molecule has 2 rings (SSSR count). The maximum atomic E-state index is 12.1. The highest BCUT2D eigenvalue weighted by molar-refractivity contribution is 5.87. The normalized spacial score (nSPS) is 16.4. The molecule has 4 nitrogen and oxygen atoms in total. The van der Waals surface area contributed by atoms with Gasteiger partial charge in [0.2, 0.25) is 0 Å². The Morgan fingerprint density at radius 2 is 1.82 bits per heavy atom. The van der Waals surface area contributed by atoms with Crippen molar-refractivity contribution < 1.29 is 9.53 Å². The highest BCUT2D eigenvalue weighted by Crippen LogP contribution is 2.21. The summed E-state index contributed by atoms with van der Waals surface area (Å²) < 4.78 is 5.39. The van der Waals surface area contributed by atoms with Crippen molar-refractivity contribution in [3.05, 3.63) is 29.8 Å². The predicted octanol–water partition coefficient (Wildman–Crippen LogP) is 3.60. The number of rotatable bonds is 3. The van der Waals surface area contributed by atoms with E-state index in [4.69, 9.17) is 4.74 Å². The molecular weight excluding hydrogens is 276 g/mol. The van der Waals surface area contributed by atoms with Crippen LogP contribution in [0.15, 0.2) is 24.3 Å². The number of amides is 1. The summed E-state index contributed by atoms with van der Waals surface area (Å²) in [7, 11) is 1.75. The summed E-state index contributed by atoms with van der Waals surface area (Å²) in [6.07, 6.45) is 3.30. The van der Waals surface area contributed by atoms with Crippen molar-refractivity contribution in [1.82, 2.24) is 5.32 Å². The fraction of sp³-hybridized carbons (Fsp3) is 0.611. The third kappa shape index (κ3) is 5.02. The lowest BCUT2D eigenvalue weighted by atomic mass is 9.91. The van der Waals surface area contributed by atoms with E-state index in [1.807, 2.05) is 32.9 Å². The molecule has 1 amide bonds. The fourth-order valence-electron chi connectivity index (χ4n) is 2.71. The molecule has 1 saturated heterocycles. The summed E-state index contributed by atoms with van der Waals surface area (Å²) in [6.45, 7) is 7.89. The van der Waals surface area contributed by atoms with E-state index in [0.717, 1.165) is 31.1 Å². The van der Waals surface area contributed by atoms with Gasteiger partial charge in [-0.2, -0.15) is 0 Å². The molecule has 122 valence electrons. The van der Waals surface area contributed by atoms with E-state index in [1.165, 1.54) is 18.4 Å². The number of hydrogen-bond donors (Lipinski definition) is 1. The zero-order chi connectivity index (χ0) is 16.2. The summed E-state index contributed by atoms with van der Waals surface area (Å²) in [5.41, 5.74) is 1.73. The zero-order valence-electron chi connectivity index (χ0n) is 14.2. The number of hydrogen-bond acceptors (Lipinski definition) is 3.